The Hall–Kier alpha value is -2.83. The van der Waals surface area contributed by atoms with E-state index in [1.165, 1.54) is 30.0 Å². The first-order valence-electron chi connectivity index (χ1n) is 8.90. The predicted octanol–water partition coefficient (Wildman–Crippen LogP) is 4.04. The van der Waals surface area contributed by atoms with E-state index in [0.29, 0.717) is 22.4 Å². The third kappa shape index (κ3) is 3.37. The van der Waals surface area contributed by atoms with E-state index >= 15 is 0 Å². The second kappa shape index (κ2) is 7.30. The first kappa shape index (κ1) is 18.5. The molecule has 1 heterocycles. The molecule has 0 saturated carbocycles. The van der Waals surface area contributed by atoms with Gasteiger partial charge in [0.15, 0.2) is 11.5 Å². The summed E-state index contributed by atoms with van der Waals surface area (Å²) in [7, 11) is 0. The highest BCUT2D eigenvalue weighted by Crippen LogP contribution is 2.54. The largest absolute Gasteiger partial charge is 0.508 e. The van der Waals surface area contributed by atoms with E-state index in [0.717, 1.165) is 5.56 Å². The summed E-state index contributed by atoms with van der Waals surface area (Å²) in [5, 5.41) is 50.7. The van der Waals surface area contributed by atoms with Gasteiger partial charge in [-0.15, -0.1) is 11.8 Å². The lowest BCUT2D eigenvalue weighted by molar-refractivity contribution is 0.133. The molecule has 3 atom stereocenters. The van der Waals surface area contributed by atoms with Gasteiger partial charge in [0.25, 0.3) is 0 Å². The van der Waals surface area contributed by atoms with E-state index in [2.05, 4.69) is 0 Å². The lowest BCUT2D eigenvalue weighted by Gasteiger charge is -2.37. The molecule has 0 bridgehead atoms. The molecule has 0 aliphatic carbocycles. The summed E-state index contributed by atoms with van der Waals surface area (Å²) in [5.41, 5.74) is 2.28. The van der Waals surface area contributed by atoms with E-state index in [1.54, 1.807) is 12.1 Å². The molecule has 1 aliphatic heterocycles. The van der Waals surface area contributed by atoms with Crippen LogP contribution in [0.15, 0.2) is 65.6 Å². The Bertz CT molecular complexity index is 1010. The molecule has 5 nitrogen and oxygen atoms in total. The van der Waals surface area contributed by atoms with Crippen LogP contribution in [0, 0.1) is 0 Å². The van der Waals surface area contributed by atoms with Crippen LogP contribution >= 0.6 is 11.8 Å². The van der Waals surface area contributed by atoms with Gasteiger partial charge in [0.05, 0.1) is 11.4 Å². The maximum absolute atomic E-state index is 11.2. The second-order valence-electron chi connectivity index (χ2n) is 6.95. The van der Waals surface area contributed by atoms with E-state index in [-0.39, 0.29) is 23.0 Å². The first-order valence-corrected chi connectivity index (χ1v) is 9.78. The smallest absolute Gasteiger partial charge is 0.157 e. The summed E-state index contributed by atoms with van der Waals surface area (Å²) in [6.07, 6.45) is -0.342. The van der Waals surface area contributed by atoms with Gasteiger partial charge in [0.2, 0.25) is 0 Å². The van der Waals surface area contributed by atoms with Crippen molar-refractivity contribution >= 4 is 11.8 Å². The minimum atomic E-state index is -0.850. The van der Waals surface area contributed by atoms with Crippen molar-refractivity contribution < 1.29 is 25.5 Å². The van der Waals surface area contributed by atoms with Crippen LogP contribution in [0.2, 0.25) is 0 Å². The number of aliphatic hydroxyl groups excluding tert-OH is 1. The van der Waals surface area contributed by atoms with Gasteiger partial charge in [-0.1, -0.05) is 36.4 Å². The highest BCUT2D eigenvalue weighted by atomic mass is 32.2. The maximum atomic E-state index is 11.2. The van der Waals surface area contributed by atoms with Gasteiger partial charge in [-0.3, -0.25) is 0 Å². The van der Waals surface area contributed by atoms with Crippen LogP contribution < -0.4 is 0 Å². The average Bonchev–Trinajstić information content (AvgIpc) is 2.66. The van der Waals surface area contributed by atoms with Crippen LogP contribution in [0.5, 0.6) is 23.0 Å². The number of rotatable bonds is 3. The SMILES string of the molecule is Oc1cc(O)c2c(c1)S[C@H](c1ccc(O)c(O)c1)[C@H](O)C2Cc1ccccc1. The first-order chi connectivity index (χ1) is 13.4. The van der Waals surface area contributed by atoms with Crippen LogP contribution in [0.1, 0.15) is 27.9 Å². The van der Waals surface area contributed by atoms with Gasteiger partial charge in [-0.25, -0.2) is 0 Å². The van der Waals surface area contributed by atoms with Gasteiger partial charge in [0, 0.05) is 22.4 Å². The van der Waals surface area contributed by atoms with Gasteiger partial charge in [0.1, 0.15) is 11.5 Å². The van der Waals surface area contributed by atoms with Crippen molar-refractivity contribution in [3.05, 3.63) is 77.4 Å². The normalized spacial score (nSPS) is 21.2. The number of phenols is 4. The number of thioether (sulfide) groups is 1. The summed E-state index contributed by atoms with van der Waals surface area (Å²) < 4.78 is 0. The molecule has 0 amide bonds. The predicted molar refractivity (Wildman–Crippen MR) is 107 cm³/mol. The van der Waals surface area contributed by atoms with E-state index < -0.39 is 17.3 Å². The van der Waals surface area contributed by atoms with Crippen molar-refractivity contribution in [2.75, 3.05) is 0 Å². The van der Waals surface area contributed by atoms with Gasteiger partial charge < -0.3 is 25.5 Å². The molecule has 1 aliphatic rings. The minimum absolute atomic E-state index is 0.0468. The number of phenolic OH excluding ortho intramolecular Hbond substituents is 4. The topological polar surface area (TPSA) is 101 Å². The van der Waals surface area contributed by atoms with E-state index in [1.807, 2.05) is 30.3 Å². The molecule has 28 heavy (non-hydrogen) atoms. The van der Waals surface area contributed by atoms with Crippen LogP contribution in [-0.2, 0) is 6.42 Å². The number of aliphatic hydroxyl groups is 1. The summed E-state index contributed by atoms with van der Waals surface area (Å²) in [6.45, 7) is 0. The number of aromatic hydroxyl groups is 4. The van der Waals surface area contributed by atoms with Crippen molar-refractivity contribution in [2.24, 2.45) is 0 Å². The molecule has 6 heteroatoms. The van der Waals surface area contributed by atoms with Gasteiger partial charge >= 0.3 is 0 Å². The third-order valence-electron chi connectivity index (χ3n) is 5.08. The lowest BCUT2D eigenvalue weighted by Crippen LogP contribution is -2.30. The Kier molecular flexibility index (Phi) is 4.83. The quantitative estimate of drug-likeness (QED) is 0.428. The van der Waals surface area contributed by atoms with Crippen LogP contribution in [-0.4, -0.2) is 31.6 Å². The Morgan fingerprint density at radius 3 is 2.25 bits per heavy atom. The fraction of sp³-hybridized carbons (Fsp3) is 0.182. The standard InChI is InChI=1S/C22H20O5S/c23-14-10-18(26)20-15(8-12-4-2-1-3-5-12)21(27)22(28-19(20)11-14)13-6-7-16(24)17(25)9-13/h1-7,9-11,15,21-27H,8H2/t15?,21-,22-/m1/s1. The zero-order valence-corrected chi connectivity index (χ0v) is 15.7. The molecule has 0 saturated heterocycles. The Morgan fingerprint density at radius 2 is 1.54 bits per heavy atom. The molecule has 3 aromatic carbocycles. The highest BCUT2D eigenvalue weighted by Gasteiger charge is 2.39. The van der Waals surface area contributed by atoms with Crippen molar-refractivity contribution in [2.45, 2.75) is 28.6 Å². The average molecular weight is 396 g/mol. The Labute approximate surface area is 166 Å². The van der Waals surface area contributed by atoms with Crippen LogP contribution in [0.4, 0.5) is 0 Å². The summed E-state index contributed by atoms with van der Waals surface area (Å²) in [4.78, 5) is 0.682. The maximum Gasteiger partial charge on any atom is 0.157 e. The van der Waals surface area contributed by atoms with E-state index in [4.69, 9.17) is 0 Å². The molecular weight excluding hydrogens is 376 g/mol. The highest BCUT2D eigenvalue weighted by molar-refractivity contribution is 7.99. The molecule has 0 fully saturated rings. The lowest BCUT2D eigenvalue weighted by atomic mass is 9.83. The minimum Gasteiger partial charge on any atom is -0.508 e. The third-order valence-corrected chi connectivity index (χ3v) is 6.48. The summed E-state index contributed by atoms with van der Waals surface area (Å²) in [6, 6.07) is 17.0. The monoisotopic (exact) mass is 396 g/mol. The number of benzene rings is 3. The molecule has 4 rings (SSSR count). The molecule has 1 unspecified atom stereocenters. The van der Waals surface area contributed by atoms with Crippen molar-refractivity contribution in [3.8, 4) is 23.0 Å². The van der Waals surface area contributed by atoms with Crippen molar-refractivity contribution in [1.29, 1.82) is 0 Å². The fourth-order valence-electron chi connectivity index (χ4n) is 3.73. The summed E-state index contributed by atoms with van der Waals surface area (Å²) in [5.74, 6) is -0.981. The zero-order valence-electron chi connectivity index (χ0n) is 14.9. The van der Waals surface area contributed by atoms with E-state index in [9.17, 15) is 25.5 Å². The number of hydrogen-bond acceptors (Lipinski definition) is 6. The number of fused-ring (bicyclic) bond motifs is 1. The van der Waals surface area contributed by atoms with Crippen LogP contribution in [0.25, 0.3) is 0 Å². The molecular formula is C22H20O5S. The molecule has 5 N–H and O–H groups in total. The molecule has 0 aromatic heterocycles. The fourth-order valence-corrected chi connectivity index (χ4v) is 5.19. The molecule has 0 spiro atoms. The zero-order chi connectivity index (χ0) is 19.8. The van der Waals surface area contributed by atoms with Crippen LogP contribution in [0.3, 0.4) is 0 Å². The molecule has 0 radical (unpaired) electrons. The van der Waals surface area contributed by atoms with Gasteiger partial charge in [-0.2, -0.15) is 0 Å². The molecule has 3 aromatic rings. The number of hydrogen-bond donors (Lipinski definition) is 5. The Morgan fingerprint density at radius 1 is 0.786 bits per heavy atom. The summed E-state index contributed by atoms with van der Waals surface area (Å²) >= 11 is 1.31. The van der Waals surface area contributed by atoms with Crippen molar-refractivity contribution in [3.63, 3.8) is 0 Å². The van der Waals surface area contributed by atoms with Gasteiger partial charge in [-0.05, 0) is 35.7 Å². The second-order valence-corrected chi connectivity index (χ2v) is 8.13. The Balaban J connectivity index is 1.80. The van der Waals surface area contributed by atoms with Crippen molar-refractivity contribution in [1.82, 2.24) is 0 Å². The molecule has 144 valence electrons.